The van der Waals surface area contributed by atoms with Crippen molar-refractivity contribution in [1.29, 1.82) is 0 Å². The van der Waals surface area contributed by atoms with Crippen LogP contribution in [0.5, 0.6) is 0 Å². The van der Waals surface area contributed by atoms with Crippen LogP contribution in [0.4, 0.5) is 0 Å². The Morgan fingerprint density at radius 3 is 2.68 bits per heavy atom. The number of rotatable bonds is 9. The lowest BCUT2D eigenvalue weighted by Crippen LogP contribution is -2.38. The Morgan fingerprint density at radius 1 is 1.36 bits per heavy atom. The third-order valence-corrected chi connectivity index (χ3v) is 3.17. The Hall–Kier alpha value is -1.69. The summed E-state index contributed by atoms with van der Waals surface area (Å²) in [5, 5.41) is 20.1. The topological polar surface area (TPSA) is 76.0 Å². The summed E-state index contributed by atoms with van der Waals surface area (Å²) in [7, 11) is 0. The van der Waals surface area contributed by atoms with E-state index in [1.165, 1.54) is 13.0 Å². The van der Waals surface area contributed by atoms with E-state index in [-0.39, 0.29) is 13.0 Å². The summed E-state index contributed by atoms with van der Waals surface area (Å²) in [5.74, 6) is -0.546. The van der Waals surface area contributed by atoms with E-state index >= 15 is 0 Å². The van der Waals surface area contributed by atoms with Gasteiger partial charge in [-0.3, -0.25) is 0 Å². The van der Waals surface area contributed by atoms with Crippen molar-refractivity contribution in [3.05, 3.63) is 48.0 Å². The number of aliphatic hydroxyl groups is 2. The number of ether oxygens (including phenoxy) is 2. The van der Waals surface area contributed by atoms with Crippen LogP contribution in [0.2, 0.25) is 0 Å². The molecule has 0 aromatic heterocycles. The van der Waals surface area contributed by atoms with Crippen LogP contribution in [0.3, 0.4) is 0 Å². The van der Waals surface area contributed by atoms with E-state index in [0.29, 0.717) is 13.2 Å². The molecule has 0 saturated carbocycles. The summed E-state index contributed by atoms with van der Waals surface area (Å²) in [5.41, 5.74) is -0.464. The maximum atomic E-state index is 11.2. The molecule has 0 aliphatic rings. The van der Waals surface area contributed by atoms with Gasteiger partial charge in [0.05, 0.1) is 19.3 Å². The van der Waals surface area contributed by atoms with Crippen LogP contribution >= 0.6 is 0 Å². The second kappa shape index (κ2) is 9.35. The van der Waals surface area contributed by atoms with Gasteiger partial charge in [-0.15, -0.1) is 0 Å². The van der Waals surface area contributed by atoms with Crippen molar-refractivity contribution >= 4 is 5.97 Å². The van der Waals surface area contributed by atoms with Gasteiger partial charge >= 0.3 is 5.97 Å². The largest absolute Gasteiger partial charge is 0.463 e. The molecule has 1 aromatic carbocycles. The Bertz CT molecular complexity index is 467. The van der Waals surface area contributed by atoms with Gasteiger partial charge in [0, 0.05) is 12.7 Å². The summed E-state index contributed by atoms with van der Waals surface area (Å²) in [4.78, 5) is 11.2. The molecular weight excluding hydrogens is 284 g/mol. The first-order valence-corrected chi connectivity index (χ1v) is 7.34. The summed E-state index contributed by atoms with van der Waals surface area (Å²) < 4.78 is 10.2. The van der Waals surface area contributed by atoms with Crippen molar-refractivity contribution in [2.75, 3.05) is 13.2 Å². The minimum absolute atomic E-state index is 0.257. The predicted octanol–water partition coefficient (Wildman–Crippen LogP) is 1.82. The Labute approximate surface area is 131 Å². The van der Waals surface area contributed by atoms with Gasteiger partial charge in [-0.1, -0.05) is 30.3 Å². The highest BCUT2D eigenvalue weighted by Crippen LogP contribution is 2.15. The van der Waals surface area contributed by atoms with E-state index in [2.05, 4.69) is 0 Å². The molecule has 0 radical (unpaired) electrons. The first kappa shape index (κ1) is 18.4. The highest BCUT2D eigenvalue weighted by atomic mass is 16.5. The molecule has 0 aliphatic carbocycles. The smallest absolute Gasteiger partial charge is 0.330 e. The molecule has 0 bridgehead atoms. The van der Waals surface area contributed by atoms with Gasteiger partial charge in [0.1, 0.15) is 5.60 Å². The van der Waals surface area contributed by atoms with Crippen molar-refractivity contribution in [2.45, 2.75) is 38.6 Å². The number of benzene rings is 1. The van der Waals surface area contributed by atoms with E-state index in [4.69, 9.17) is 9.47 Å². The number of carbonyl (C=O) groups excluding carboxylic acids is 1. The molecule has 0 saturated heterocycles. The van der Waals surface area contributed by atoms with Gasteiger partial charge < -0.3 is 19.7 Å². The number of hydrogen-bond acceptors (Lipinski definition) is 5. The maximum Gasteiger partial charge on any atom is 0.330 e. The standard InChI is InChI=1S/C17H24O5/c1-3-22-16(19)9-11-17(2,20)15(18)10-12-21-13-14-7-5-4-6-8-14/h4-9,11,15,18,20H,3,10,12-13H2,1-2H3/b11-9+/t15-,17-/m0/s1. The Morgan fingerprint density at radius 2 is 2.05 bits per heavy atom. The van der Waals surface area contributed by atoms with Crippen molar-refractivity contribution in [3.8, 4) is 0 Å². The van der Waals surface area contributed by atoms with Gasteiger partial charge in [-0.05, 0) is 31.9 Å². The molecule has 5 heteroatoms. The third kappa shape index (κ3) is 6.85. The molecule has 1 aromatic rings. The van der Waals surface area contributed by atoms with Crippen molar-refractivity contribution in [3.63, 3.8) is 0 Å². The highest BCUT2D eigenvalue weighted by Gasteiger charge is 2.27. The molecule has 1 rings (SSSR count). The van der Waals surface area contributed by atoms with Gasteiger partial charge in [-0.2, -0.15) is 0 Å². The van der Waals surface area contributed by atoms with Crippen LogP contribution in [-0.4, -0.2) is 41.1 Å². The molecule has 5 nitrogen and oxygen atoms in total. The molecule has 2 atom stereocenters. The lowest BCUT2D eigenvalue weighted by molar-refractivity contribution is -0.137. The lowest BCUT2D eigenvalue weighted by atomic mass is 9.96. The molecule has 0 amide bonds. The van der Waals surface area contributed by atoms with Gasteiger partial charge in [-0.25, -0.2) is 4.79 Å². The predicted molar refractivity (Wildman–Crippen MR) is 83.1 cm³/mol. The van der Waals surface area contributed by atoms with Crippen molar-refractivity contribution in [1.82, 2.24) is 0 Å². The number of carbonyl (C=O) groups is 1. The zero-order chi connectivity index (χ0) is 16.4. The normalized spacial score (nSPS) is 15.5. The first-order chi connectivity index (χ1) is 10.5. The molecule has 0 aliphatic heterocycles. The maximum absolute atomic E-state index is 11.2. The average molecular weight is 308 g/mol. The lowest BCUT2D eigenvalue weighted by Gasteiger charge is -2.25. The molecule has 22 heavy (non-hydrogen) atoms. The Balaban J connectivity index is 2.33. The van der Waals surface area contributed by atoms with E-state index in [1.807, 2.05) is 30.3 Å². The minimum atomic E-state index is -1.51. The summed E-state index contributed by atoms with van der Waals surface area (Å²) in [6, 6.07) is 9.70. The number of hydrogen-bond donors (Lipinski definition) is 2. The van der Waals surface area contributed by atoms with Crippen LogP contribution in [0, 0.1) is 0 Å². The second-order valence-electron chi connectivity index (χ2n) is 5.15. The Kier molecular flexibility index (Phi) is 7.80. The first-order valence-electron chi connectivity index (χ1n) is 7.34. The monoisotopic (exact) mass is 308 g/mol. The van der Waals surface area contributed by atoms with Crippen LogP contribution in [0.25, 0.3) is 0 Å². The number of aliphatic hydroxyl groups excluding tert-OH is 1. The van der Waals surface area contributed by atoms with E-state index in [0.717, 1.165) is 11.6 Å². The van der Waals surface area contributed by atoms with Gasteiger partial charge in [0.15, 0.2) is 0 Å². The molecule has 0 unspecified atom stereocenters. The SMILES string of the molecule is CCOC(=O)/C=C/[C@](C)(O)[C@@H](O)CCOCc1ccccc1. The average Bonchev–Trinajstić information content (AvgIpc) is 2.51. The van der Waals surface area contributed by atoms with Crippen LogP contribution < -0.4 is 0 Å². The summed E-state index contributed by atoms with van der Waals surface area (Å²) in [6.07, 6.45) is 1.59. The van der Waals surface area contributed by atoms with Gasteiger partial charge in [0.25, 0.3) is 0 Å². The fourth-order valence-electron chi connectivity index (χ4n) is 1.79. The van der Waals surface area contributed by atoms with Crippen LogP contribution in [0.15, 0.2) is 42.5 Å². The quantitative estimate of drug-likeness (QED) is 0.413. The molecule has 2 N–H and O–H groups in total. The zero-order valence-corrected chi connectivity index (χ0v) is 13.1. The fraction of sp³-hybridized carbons (Fsp3) is 0.471. The summed E-state index contributed by atoms with van der Waals surface area (Å²) >= 11 is 0. The second-order valence-corrected chi connectivity index (χ2v) is 5.15. The molecule has 0 fully saturated rings. The fourth-order valence-corrected chi connectivity index (χ4v) is 1.79. The third-order valence-electron chi connectivity index (χ3n) is 3.17. The molecule has 122 valence electrons. The summed E-state index contributed by atoms with van der Waals surface area (Å²) in [6.45, 7) is 4.16. The molecular formula is C17H24O5. The molecule has 0 heterocycles. The highest BCUT2D eigenvalue weighted by molar-refractivity contribution is 5.82. The van der Waals surface area contributed by atoms with Crippen molar-refractivity contribution in [2.24, 2.45) is 0 Å². The number of esters is 1. The van der Waals surface area contributed by atoms with Crippen LogP contribution in [-0.2, 0) is 20.9 Å². The van der Waals surface area contributed by atoms with Gasteiger partial charge in [0.2, 0.25) is 0 Å². The van der Waals surface area contributed by atoms with E-state index in [1.54, 1.807) is 6.92 Å². The minimum Gasteiger partial charge on any atom is -0.463 e. The van der Waals surface area contributed by atoms with Crippen molar-refractivity contribution < 1.29 is 24.5 Å². The van der Waals surface area contributed by atoms with E-state index < -0.39 is 17.7 Å². The zero-order valence-electron chi connectivity index (χ0n) is 13.1. The van der Waals surface area contributed by atoms with E-state index in [9.17, 15) is 15.0 Å². The van der Waals surface area contributed by atoms with Crippen LogP contribution in [0.1, 0.15) is 25.8 Å². The molecule has 0 spiro atoms.